The summed E-state index contributed by atoms with van der Waals surface area (Å²) in [4.78, 5) is -0.112. The second-order valence-electron chi connectivity index (χ2n) is 4.07. The van der Waals surface area contributed by atoms with Gasteiger partial charge < -0.3 is 5.11 Å². The smallest absolute Gasteiger partial charge is 0.244 e. The van der Waals surface area contributed by atoms with Gasteiger partial charge in [0.1, 0.15) is 13.6 Å². The van der Waals surface area contributed by atoms with Gasteiger partial charge in [-0.25, -0.2) is 13.1 Å². The first kappa shape index (κ1) is 17.2. The zero-order chi connectivity index (χ0) is 15.6. The highest BCUT2D eigenvalue weighted by molar-refractivity contribution is 9.10. The van der Waals surface area contributed by atoms with E-state index in [2.05, 4.69) is 20.7 Å². The molecule has 0 saturated heterocycles. The van der Waals surface area contributed by atoms with Crippen LogP contribution in [0.1, 0.15) is 11.7 Å². The third kappa shape index (κ3) is 3.98. The number of hydrogen-bond donors (Lipinski definition) is 2. The Kier molecular flexibility index (Phi) is 5.70. The van der Waals surface area contributed by atoms with Gasteiger partial charge in [0.25, 0.3) is 0 Å². The third-order valence-electron chi connectivity index (χ3n) is 2.65. The van der Waals surface area contributed by atoms with Crippen LogP contribution in [0.25, 0.3) is 0 Å². The Bertz CT molecular complexity index is 734. The van der Waals surface area contributed by atoms with Gasteiger partial charge in [-0.15, -0.1) is 11.3 Å². The minimum atomic E-state index is -3.87. The van der Waals surface area contributed by atoms with E-state index in [1.807, 2.05) is 6.07 Å². The summed E-state index contributed by atoms with van der Waals surface area (Å²) in [5.41, 5.74) is 0.619. The number of aliphatic hydroxyl groups excluding tert-OH is 1. The maximum Gasteiger partial charge on any atom is 0.244 e. The van der Waals surface area contributed by atoms with Gasteiger partial charge >= 0.3 is 0 Å². The van der Waals surface area contributed by atoms with Crippen LogP contribution in [0.3, 0.4) is 0 Å². The van der Waals surface area contributed by atoms with Gasteiger partial charge in [-0.1, -0.05) is 53.5 Å². The van der Waals surface area contributed by atoms with Crippen molar-refractivity contribution in [3.8, 4) is 0 Å². The standard InChI is InChI=1S/C12H10BrCl2NO3S2/c13-9-10(12(15)20-11(9)14)21(18,19)16-6-8(17)7-4-2-1-3-5-7/h1-5,8,16-17H,6H2. The lowest BCUT2D eigenvalue weighted by atomic mass is 10.1. The highest BCUT2D eigenvalue weighted by atomic mass is 79.9. The van der Waals surface area contributed by atoms with Gasteiger partial charge in [0.15, 0.2) is 0 Å². The summed E-state index contributed by atoms with van der Waals surface area (Å²) in [6.45, 7) is -0.164. The number of sulfonamides is 1. The quantitative estimate of drug-likeness (QED) is 0.757. The molecule has 114 valence electrons. The van der Waals surface area contributed by atoms with E-state index in [0.29, 0.717) is 5.56 Å². The second kappa shape index (κ2) is 6.95. The van der Waals surface area contributed by atoms with Crippen molar-refractivity contribution in [3.05, 3.63) is 49.0 Å². The van der Waals surface area contributed by atoms with E-state index in [0.717, 1.165) is 11.3 Å². The van der Waals surface area contributed by atoms with E-state index in [1.54, 1.807) is 24.3 Å². The molecule has 9 heteroatoms. The molecule has 1 atom stereocenters. The summed E-state index contributed by atoms with van der Waals surface area (Å²) >= 11 is 15.8. The Morgan fingerprint density at radius 2 is 1.86 bits per heavy atom. The summed E-state index contributed by atoms with van der Waals surface area (Å²) in [7, 11) is -3.87. The van der Waals surface area contributed by atoms with Crippen molar-refractivity contribution in [3.63, 3.8) is 0 Å². The molecule has 1 aromatic heterocycles. The van der Waals surface area contributed by atoms with E-state index in [1.165, 1.54) is 0 Å². The van der Waals surface area contributed by atoms with E-state index in [-0.39, 0.29) is 24.6 Å². The predicted molar refractivity (Wildman–Crippen MR) is 88.6 cm³/mol. The fourth-order valence-electron chi connectivity index (χ4n) is 1.62. The lowest BCUT2D eigenvalue weighted by Gasteiger charge is -2.12. The van der Waals surface area contributed by atoms with Crippen LogP contribution in [0.5, 0.6) is 0 Å². The van der Waals surface area contributed by atoms with Gasteiger partial charge in [0, 0.05) is 6.54 Å². The van der Waals surface area contributed by atoms with Crippen LogP contribution in [0.2, 0.25) is 8.67 Å². The lowest BCUT2D eigenvalue weighted by molar-refractivity contribution is 0.182. The molecule has 0 spiro atoms. The van der Waals surface area contributed by atoms with Crippen molar-refractivity contribution in [1.82, 2.24) is 4.72 Å². The molecular weight excluding hydrogens is 421 g/mol. The summed E-state index contributed by atoms with van der Waals surface area (Å²) in [5, 5.41) is 9.98. The van der Waals surface area contributed by atoms with Crippen LogP contribution in [0.15, 0.2) is 39.7 Å². The summed E-state index contributed by atoms with van der Waals surface area (Å²) in [6, 6.07) is 8.76. The van der Waals surface area contributed by atoms with E-state index in [9.17, 15) is 13.5 Å². The monoisotopic (exact) mass is 429 g/mol. The maximum atomic E-state index is 12.2. The number of aliphatic hydroxyl groups is 1. The fourth-order valence-corrected chi connectivity index (χ4v) is 6.21. The summed E-state index contributed by atoms with van der Waals surface area (Å²) in [6.07, 6.45) is -0.951. The van der Waals surface area contributed by atoms with Crippen LogP contribution in [-0.4, -0.2) is 20.1 Å². The van der Waals surface area contributed by atoms with Crippen LogP contribution >= 0.6 is 50.5 Å². The molecular formula is C12H10BrCl2NO3S2. The van der Waals surface area contributed by atoms with E-state index >= 15 is 0 Å². The number of rotatable bonds is 5. The lowest BCUT2D eigenvalue weighted by Crippen LogP contribution is -2.28. The van der Waals surface area contributed by atoms with Gasteiger partial charge in [-0.2, -0.15) is 0 Å². The average Bonchev–Trinajstić information content (AvgIpc) is 2.71. The minimum Gasteiger partial charge on any atom is -0.387 e. The normalized spacial score (nSPS) is 13.3. The molecule has 0 aliphatic carbocycles. The van der Waals surface area contributed by atoms with Crippen molar-refractivity contribution in [1.29, 1.82) is 0 Å². The first-order chi connectivity index (χ1) is 9.83. The van der Waals surface area contributed by atoms with Crippen molar-refractivity contribution in [2.45, 2.75) is 11.0 Å². The van der Waals surface area contributed by atoms with Crippen LogP contribution in [0, 0.1) is 0 Å². The molecule has 1 heterocycles. The Morgan fingerprint density at radius 1 is 1.24 bits per heavy atom. The molecule has 0 aliphatic rings. The molecule has 2 rings (SSSR count). The minimum absolute atomic E-state index is 0.0635. The average molecular weight is 431 g/mol. The van der Waals surface area contributed by atoms with Crippen molar-refractivity contribution in [2.24, 2.45) is 0 Å². The molecule has 0 fully saturated rings. The molecule has 0 bridgehead atoms. The van der Waals surface area contributed by atoms with Gasteiger partial charge in [0.05, 0.1) is 10.6 Å². The molecule has 0 radical (unpaired) electrons. The van der Waals surface area contributed by atoms with Crippen LogP contribution < -0.4 is 4.72 Å². The van der Waals surface area contributed by atoms with Gasteiger partial charge in [-0.3, -0.25) is 0 Å². The molecule has 0 saturated carbocycles. The SMILES string of the molecule is O=S(=O)(NCC(O)c1ccccc1)c1c(Cl)sc(Cl)c1Br. The highest BCUT2D eigenvalue weighted by Gasteiger charge is 2.26. The van der Waals surface area contributed by atoms with Crippen LogP contribution in [0.4, 0.5) is 0 Å². The number of thiophene rings is 1. The molecule has 0 aliphatic heterocycles. The van der Waals surface area contributed by atoms with Crippen molar-refractivity contribution < 1.29 is 13.5 Å². The number of nitrogens with one attached hydrogen (secondary N) is 1. The molecule has 2 N–H and O–H groups in total. The van der Waals surface area contributed by atoms with E-state index in [4.69, 9.17) is 23.2 Å². The molecule has 1 aromatic carbocycles. The zero-order valence-corrected chi connectivity index (χ0v) is 15.1. The molecule has 0 amide bonds. The zero-order valence-electron chi connectivity index (χ0n) is 10.4. The second-order valence-corrected chi connectivity index (χ2v) is 8.79. The summed E-state index contributed by atoms with van der Waals surface area (Å²) in [5.74, 6) is 0. The first-order valence-corrected chi connectivity index (χ1v) is 9.53. The number of benzene rings is 1. The number of hydrogen-bond acceptors (Lipinski definition) is 4. The Hall–Kier alpha value is -0.150. The third-order valence-corrected chi connectivity index (χ3v) is 7.54. The molecule has 4 nitrogen and oxygen atoms in total. The Balaban J connectivity index is 2.15. The van der Waals surface area contributed by atoms with Gasteiger partial charge in [-0.05, 0) is 21.5 Å². The maximum absolute atomic E-state index is 12.2. The topological polar surface area (TPSA) is 66.4 Å². The first-order valence-electron chi connectivity index (χ1n) is 5.69. The van der Waals surface area contributed by atoms with Crippen molar-refractivity contribution >= 4 is 60.5 Å². The molecule has 21 heavy (non-hydrogen) atoms. The largest absolute Gasteiger partial charge is 0.387 e. The number of halogens is 3. The predicted octanol–water partition coefficient (Wildman–Crippen LogP) is 3.83. The Labute approximate surface area is 144 Å². The highest BCUT2D eigenvalue weighted by Crippen LogP contribution is 2.42. The molecule has 2 aromatic rings. The molecule has 1 unspecified atom stereocenters. The van der Waals surface area contributed by atoms with Gasteiger partial charge in [0.2, 0.25) is 10.0 Å². The summed E-state index contributed by atoms with van der Waals surface area (Å²) < 4.78 is 27.3. The fraction of sp³-hybridized carbons (Fsp3) is 0.167. The van der Waals surface area contributed by atoms with Crippen molar-refractivity contribution in [2.75, 3.05) is 6.54 Å². The Morgan fingerprint density at radius 3 is 2.38 bits per heavy atom. The van der Waals surface area contributed by atoms with Crippen LogP contribution in [-0.2, 0) is 10.0 Å². The van der Waals surface area contributed by atoms with E-state index < -0.39 is 16.1 Å².